The topological polar surface area (TPSA) is 15.3 Å². The van der Waals surface area contributed by atoms with E-state index in [1.807, 2.05) is 0 Å². The van der Waals surface area contributed by atoms with Crippen LogP contribution in [0.1, 0.15) is 39.5 Å². The maximum absolute atomic E-state index is 3.38. The Hall–Kier alpha value is -0.0800. The highest BCUT2D eigenvalue weighted by Gasteiger charge is 2.23. The van der Waals surface area contributed by atoms with E-state index in [0.29, 0.717) is 6.04 Å². The van der Waals surface area contributed by atoms with Crippen molar-refractivity contribution in [2.24, 2.45) is 0 Å². The zero-order chi connectivity index (χ0) is 9.68. The summed E-state index contributed by atoms with van der Waals surface area (Å²) in [5.41, 5.74) is 0. The second kappa shape index (κ2) is 5.61. The molecule has 2 heteroatoms. The predicted molar refractivity (Wildman–Crippen MR) is 58.0 cm³/mol. The van der Waals surface area contributed by atoms with Gasteiger partial charge in [-0.3, -0.25) is 4.90 Å². The quantitative estimate of drug-likeness (QED) is 0.701. The molecule has 0 bridgehead atoms. The molecule has 0 amide bonds. The van der Waals surface area contributed by atoms with Crippen LogP contribution in [0.4, 0.5) is 0 Å². The van der Waals surface area contributed by atoms with Crippen LogP contribution in [-0.4, -0.2) is 37.1 Å². The van der Waals surface area contributed by atoms with E-state index in [1.165, 1.54) is 38.8 Å². The molecule has 1 aliphatic heterocycles. The second-order valence-electron chi connectivity index (χ2n) is 4.09. The maximum atomic E-state index is 3.38. The number of nitrogens with zero attached hydrogens (tertiary/aromatic N) is 1. The van der Waals surface area contributed by atoms with Crippen LogP contribution >= 0.6 is 0 Å². The van der Waals surface area contributed by atoms with Gasteiger partial charge in [-0.25, -0.2) is 0 Å². The van der Waals surface area contributed by atoms with Crippen molar-refractivity contribution < 1.29 is 0 Å². The summed E-state index contributed by atoms with van der Waals surface area (Å²) in [7, 11) is 2.07. The molecule has 1 saturated heterocycles. The van der Waals surface area contributed by atoms with E-state index >= 15 is 0 Å². The molecule has 0 aromatic heterocycles. The molecule has 2 unspecified atom stereocenters. The molecule has 2 atom stereocenters. The Bertz CT molecular complexity index is 132. The highest BCUT2D eigenvalue weighted by molar-refractivity contribution is 4.81. The minimum absolute atomic E-state index is 0.687. The highest BCUT2D eigenvalue weighted by Crippen LogP contribution is 2.19. The zero-order valence-corrected chi connectivity index (χ0v) is 9.34. The predicted octanol–water partition coefficient (Wildman–Crippen LogP) is 1.86. The van der Waals surface area contributed by atoms with Crippen LogP contribution in [0, 0.1) is 0 Å². The molecule has 0 spiro atoms. The SMILES string of the molecule is CCC(CN1CCCC1CC)NC. The van der Waals surface area contributed by atoms with Gasteiger partial charge in [0.1, 0.15) is 0 Å². The van der Waals surface area contributed by atoms with E-state index in [4.69, 9.17) is 0 Å². The van der Waals surface area contributed by atoms with Crippen LogP contribution in [0.5, 0.6) is 0 Å². The number of hydrogen-bond acceptors (Lipinski definition) is 2. The number of likely N-dealkylation sites (tertiary alicyclic amines) is 1. The van der Waals surface area contributed by atoms with Crippen LogP contribution in [-0.2, 0) is 0 Å². The van der Waals surface area contributed by atoms with Gasteiger partial charge < -0.3 is 5.32 Å². The average molecular weight is 184 g/mol. The lowest BCUT2D eigenvalue weighted by Crippen LogP contribution is -2.41. The van der Waals surface area contributed by atoms with Gasteiger partial charge in [0.25, 0.3) is 0 Å². The van der Waals surface area contributed by atoms with Crippen molar-refractivity contribution in [3.05, 3.63) is 0 Å². The molecule has 1 fully saturated rings. The van der Waals surface area contributed by atoms with Gasteiger partial charge in [-0.15, -0.1) is 0 Å². The summed E-state index contributed by atoms with van der Waals surface area (Å²) in [6, 6.07) is 1.55. The van der Waals surface area contributed by atoms with E-state index < -0.39 is 0 Å². The number of hydrogen-bond donors (Lipinski definition) is 1. The minimum Gasteiger partial charge on any atom is -0.316 e. The second-order valence-corrected chi connectivity index (χ2v) is 4.09. The van der Waals surface area contributed by atoms with E-state index in [9.17, 15) is 0 Å². The molecule has 0 aromatic rings. The maximum Gasteiger partial charge on any atom is 0.0189 e. The molecule has 1 aliphatic rings. The van der Waals surface area contributed by atoms with Crippen molar-refractivity contribution in [1.82, 2.24) is 10.2 Å². The smallest absolute Gasteiger partial charge is 0.0189 e. The first-order valence-electron chi connectivity index (χ1n) is 5.73. The highest BCUT2D eigenvalue weighted by atomic mass is 15.2. The number of nitrogens with one attached hydrogen (secondary N) is 1. The number of rotatable bonds is 5. The fourth-order valence-corrected chi connectivity index (χ4v) is 2.31. The first-order valence-corrected chi connectivity index (χ1v) is 5.73. The van der Waals surface area contributed by atoms with Gasteiger partial charge in [0, 0.05) is 18.6 Å². The average Bonchev–Trinajstić information content (AvgIpc) is 2.61. The third-order valence-electron chi connectivity index (χ3n) is 3.33. The van der Waals surface area contributed by atoms with Gasteiger partial charge in [0.15, 0.2) is 0 Å². The Labute approximate surface area is 82.7 Å². The summed E-state index contributed by atoms with van der Waals surface area (Å²) in [5, 5.41) is 3.38. The Morgan fingerprint density at radius 2 is 2.23 bits per heavy atom. The molecule has 0 radical (unpaired) electrons. The molecule has 1 heterocycles. The van der Waals surface area contributed by atoms with Crippen molar-refractivity contribution in [2.75, 3.05) is 20.1 Å². The van der Waals surface area contributed by atoms with E-state index in [2.05, 4.69) is 31.1 Å². The summed E-state index contributed by atoms with van der Waals surface area (Å²) in [4.78, 5) is 2.66. The lowest BCUT2D eigenvalue weighted by molar-refractivity contribution is 0.221. The first kappa shape index (κ1) is 11.0. The molecule has 1 N–H and O–H groups in total. The van der Waals surface area contributed by atoms with Gasteiger partial charge in [0.2, 0.25) is 0 Å². The molecule has 0 saturated carbocycles. The van der Waals surface area contributed by atoms with E-state index in [-0.39, 0.29) is 0 Å². The molecule has 2 nitrogen and oxygen atoms in total. The molecule has 0 aromatic carbocycles. The Morgan fingerprint density at radius 3 is 2.77 bits per heavy atom. The summed E-state index contributed by atoms with van der Waals surface area (Å²) in [6.45, 7) is 7.13. The van der Waals surface area contributed by atoms with Crippen molar-refractivity contribution >= 4 is 0 Å². The normalized spacial score (nSPS) is 26.5. The largest absolute Gasteiger partial charge is 0.316 e. The first-order chi connectivity index (χ1) is 6.31. The Kier molecular flexibility index (Phi) is 4.74. The Balaban J connectivity index is 2.33. The Morgan fingerprint density at radius 1 is 1.46 bits per heavy atom. The molecular weight excluding hydrogens is 160 g/mol. The summed E-state index contributed by atoms with van der Waals surface area (Å²) < 4.78 is 0. The van der Waals surface area contributed by atoms with Crippen LogP contribution in [0.25, 0.3) is 0 Å². The van der Waals surface area contributed by atoms with Gasteiger partial charge in [0.05, 0.1) is 0 Å². The van der Waals surface area contributed by atoms with Gasteiger partial charge >= 0.3 is 0 Å². The van der Waals surface area contributed by atoms with Crippen LogP contribution in [0.3, 0.4) is 0 Å². The monoisotopic (exact) mass is 184 g/mol. The van der Waals surface area contributed by atoms with Crippen molar-refractivity contribution in [2.45, 2.75) is 51.6 Å². The van der Waals surface area contributed by atoms with E-state index in [0.717, 1.165) is 6.04 Å². The van der Waals surface area contributed by atoms with Crippen molar-refractivity contribution in [3.63, 3.8) is 0 Å². The molecular formula is C11H24N2. The van der Waals surface area contributed by atoms with Gasteiger partial charge in [-0.2, -0.15) is 0 Å². The molecule has 13 heavy (non-hydrogen) atoms. The third-order valence-corrected chi connectivity index (χ3v) is 3.33. The molecule has 0 aliphatic carbocycles. The van der Waals surface area contributed by atoms with Crippen LogP contribution in [0.2, 0.25) is 0 Å². The fraction of sp³-hybridized carbons (Fsp3) is 1.00. The zero-order valence-electron chi connectivity index (χ0n) is 9.34. The summed E-state index contributed by atoms with van der Waals surface area (Å²) in [6.07, 6.45) is 5.37. The van der Waals surface area contributed by atoms with Crippen LogP contribution < -0.4 is 5.32 Å². The fourth-order valence-electron chi connectivity index (χ4n) is 2.31. The van der Waals surface area contributed by atoms with Crippen molar-refractivity contribution in [1.29, 1.82) is 0 Å². The molecule has 1 rings (SSSR count). The lowest BCUT2D eigenvalue weighted by atomic mass is 10.1. The summed E-state index contributed by atoms with van der Waals surface area (Å²) in [5.74, 6) is 0. The molecule has 78 valence electrons. The minimum atomic E-state index is 0.687. The third kappa shape index (κ3) is 2.96. The summed E-state index contributed by atoms with van der Waals surface area (Å²) >= 11 is 0. The number of likely N-dealkylation sites (N-methyl/N-ethyl adjacent to an activating group) is 1. The van der Waals surface area contributed by atoms with Gasteiger partial charge in [-0.1, -0.05) is 13.8 Å². The van der Waals surface area contributed by atoms with E-state index in [1.54, 1.807) is 0 Å². The lowest BCUT2D eigenvalue weighted by Gasteiger charge is -2.27. The van der Waals surface area contributed by atoms with Gasteiger partial charge in [-0.05, 0) is 39.3 Å². The standard InChI is InChI=1S/C11H24N2/c1-4-10(12-3)9-13-8-6-7-11(13)5-2/h10-12H,4-9H2,1-3H3. The van der Waals surface area contributed by atoms with Crippen molar-refractivity contribution in [3.8, 4) is 0 Å². The van der Waals surface area contributed by atoms with Crippen LogP contribution in [0.15, 0.2) is 0 Å².